The van der Waals surface area contributed by atoms with Crippen LogP contribution >= 0.6 is 0 Å². The van der Waals surface area contributed by atoms with Gasteiger partial charge in [0.1, 0.15) is 0 Å². The van der Waals surface area contributed by atoms with E-state index in [1.807, 2.05) is 0 Å². The van der Waals surface area contributed by atoms with Gasteiger partial charge in [0.25, 0.3) is 0 Å². The Labute approximate surface area is 122 Å². The number of carbonyl (C=O) groups is 2. The molecule has 1 heterocycles. The number of hydrogen-bond acceptors (Lipinski definition) is 4. The Morgan fingerprint density at radius 2 is 1.81 bits per heavy atom. The lowest BCUT2D eigenvalue weighted by atomic mass is 9.99. The van der Waals surface area contributed by atoms with Crippen LogP contribution in [0.4, 0.5) is 0 Å². The summed E-state index contributed by atoms with van der Waals surface area (Å²) in [7, 11) is -3.76. The van der Waals surface area contributed by atoms with Gasteiger partial charge in [0.2, 0.25) is 15.9 Å². The number of amides is 1. The summed E-state index contributed by atoms with van der Waals surface area (Å²) in [6, 6.07) is 5.27. The number of sulfonamides is 1. The Kier molecular flexibility index (Phi) is 4.02. The Hall–Kier alpha value is -1.93. The van der Waals surface area contributed by atoms with E-state index in [9.17, 15) is 18.0 Å². The Morgan fingerprint density at radius 3 is 2.24 bits per heavy atom. The van der Waals surface area contributed by atoms with E-state index in [4.69, 9.17) is 10.8 Å². The van der Waals surface area contributed by atoms with Crippen LogP contribution in [0.25, 0.3) is 0 Å². The largest absolute Gasteiger partial charge is 0.481 e. The first-order valence-corrected chi connectivity index (χ1v) is 7.80. The zero-order valence-electron chi connectivity index (χ0n) is 11.4. The molecule has 7 nitrogen and oxygen atoms in total. The molecule has 0 aliphatic carbocycles. The number of primary amides is 1. The molecule has 1 aliphatic rings. The minimum absolute atomic E-state index is 0.0192. The van der Waals surface area contributed by atoms with E-state index in [1.54, 1.807) is 6.92 Å². The van der Waals surface area contributed by atoms with Crippen LogP contribution in [-0.2, 0) is 14.8 Å². The van der Waals surface area contributed by atoms with Crippen LogP contribution in [0, 0.1) is 11.8 Å². The molecule has 21 heavy (non-hydrogen) atoms. The Balaban J connectivity index is 2.27. The minimum Gasteiger partial charge on any atom is -0.481 e. The number of benzene rings is 1. The van der Waals surface area contributed by atoms with E-state index in [2.05, 4.69) is 0 Å². The van der Waals surface area contributed by atoms with Gasteiger partial charge >= 0.3 is 5.97 Å². The molecular formula is C13H16N2O5S. The molecule has 0 saturated carbocycles. The summed E-state index contributed by atoms with van der Waals surface area (Å²) in [4.78, 5) is 22.1. The minimum atomic E-state index is -3.76. The molecule has 3 N–H and O–H groups in total. The van der Waals surface area contributed by atoms with Crippen LogP contribution in [0.2, 0.25) is 0 Å². The third-order valence-corrected chi connectivity index (χ3v) is 5.52. The van der Waals surface area contributed by atoms with Gasteiger partial charge in [-0.3, -0.25) is 9.59 Å². The molecule has 8 heteroatoms. The van der Waals surface area contributed by atoms with Gasteiger partial charge in [0, 0.05) is 18.7 Å². The standard InChI is InChI=1S/C13H16N2O5S/c1-8-6-15(7-11(8)13(17)18)21(19,20)10-4-2-9(3-5-10)12(14)16/h2-5,8,11H,6-7H2,1H3,(H2,14,16)(H,17,18)/t8-,11-/m1/s1. The van der Waals surface area contributed by atoms with E-state index in [-0.39, 0.29) is 29.5 Å². The van der Waals surface area contributed by atoms with Crippen LogP contribution in [-0.4, -0.2) is 42.8 Å². The monoisotopic (exact) mass is 312 g/mol. The summed E-state index contributed by atoms with van der Waals surface area (Å²) in [5.74, 6) is -2.59. The number of carbonyl (C=O) groups excluding carboxylic acids is 1. The third kappa shape index (κ3) is 2.91. The highest BCUT2D eigenvalue weighted by Gasteiger charge is 2.40. The van der Waals surface area contributed by atoms with Crippen molar-refractivity contribution in [2.45, 2.75) is 11.8 Å². The first-order chi connectivity index (χ1) is 9.73. The molecule has 1 saturated heterocycles. The quantitative estimate of drug-likeness (QED) is 0.819. The molecule has 0 aromatic heterocycles. The van der Waals surface area contributed by atoms with Crippen LogP contribution in [0.3, 0.4) is 0 Å². The topological polar surface area (TPSA) is 118 Å². The van der Waals surface area contributed by atoms with Crippen molar-refractivity contribution < 1.29 is 23.1 Å². The first kappa shape index (κ1) is 15.5. The number of aliphatic carboxylic acids is 1. The SMILES string of the molecule is C[C@@H]1CN(S(=O)(=O)c2ccc(C(N)=O)cc2)C[C@H]1C(=O)O. The van der Waals surface area contributed by atoms with E-state index < -0.39 is 27.8 Å². The molecule has 0 spiro atoms. The summed E-state index contributed by atoms with van der Waals surface area (Å²) in [5.41, 5.74) is 5.32. The number of nitrogens with two attached hydrogens (primary N) is 1. The van der Waals surface area contributed by atoms with Crippen molar-refractivity contribution in [3.05, 3.63) is 29.8 Å². The van der Waals surface area contributed by atoms with Crippen molar-refractivity contribution in [3.8, 4) is 0 Å². The molecule has 0 unspecified atom stereocenters. The smallest absolute Gasteiger partial charge is 0.308 e. The van der Waals surface area contributed by atoms with Crippen molar-refractivity contribution >= 4 is 21.9 Å². The summed E-state index contributed by atoms with van der Waals surface area (Å²) in [6.07, 6.45) is 0. The number of carboxylic acid groups (broad SMARTS) is 1. The van der Waals surface area contributed by atoms with Gasteiger partial charge in [-0.2, -0.15) is 4.31 Å². The van der Waals surface area contributed by atoms with Crippen molar-refractivity contribution in [3.63, 3.8) is 0 Å². The molecule has 2 rings (SSSR count). The average molecular weight is 312 g/mol. The van der Waals surface area contributed by atoms with Crippen molar-refractivity contribution in [2.75, 3.05) is 13.1 Å². The lowest BCUT2D eigenvalue weighted by molar-refractivity contribution is -0.142. The third-order valence-electron chi connectivity index (χ3n) is 3.67. The van der Waals surface area contributed by atoms with E-state index in [0.29, 0.717) is 0 Å². The number of nitrogens with zero attached hydrogens (tertiary/aromatic N) is 1. The second-order valence-electron chi connectivity index (χ2n) is 5.13. The van der Waals surface area contributed by atoms with Crippen molar-refractivity contribution in [1.82, 2.24) is 4.31 Å². The van der Waals surface area contributed by atoms with Gasteiger partial charge < -0.3 is 10.8 Å². The Bertz CT molecular complexity index is 668. The predicted molar refractivity (Wildman–Crippen MR) is 74.0 cm³/mol. The maximum atomic E-state index is 12.4. The molecule has 1 fully saturated rings. The predicted octanol–water partition coefficient (Wildman–Crippen LogP) is 0.127. The fourth-order valence-electron chi connectivity index (χ4n) is 2.38. The van der Waals surface area contributed by atoms with Gasteiger partial charge in [0.05, 0.1) is 10.8 Å². The number of carboxylic acids is 1. The van der Waals surface area contributed by atoms with Crippen molar-refractivity contribution in [2.24, 2.45) is 17.6 Å². The second-order valence-corrected chi connectivity index (χ2v) is 7.07. The van der Waals surface area contributed by atoms with Crippen LogP contribution in [0.1, 0.15) is 17.3 Å². The highest BCUT2D eigenvalue weighted by atomic mass is 32.2. The maximum Gasteiger partial charge on any atom is 0.308 e. The molecule has 114 valence electrons. The van der Waals surface area contributed by atoms with E-state index in [0.717, 1.165) is 4.31 Å². The molecule has 0 bridgehead atoms. The molecule has 1 amide bonds. The van der Waals surface area contributed by atoms with Gasteiger partial charge in [0.15, 0.2) is 0 Å². The first-order valence-electron chi connectivity index (χ1n) is 6.36. The maximum absolute atomic E-state index is 12.4. The summed E-state index contributed by atoms with van der Waals surface area (Å²) in [5, 5.41) is 9.06. The molecule has 1 aromatic carbocycles. The van der Waals surface area contributed by atoms with E-state index >= 15 is 0 Å². The lowest BCUT2D eigenvalue weighted by Crippen LogP contribution is -2.30. The fraction of sp³-hybridized carbons (Fsp3) is 0.385. The highest BCUT2D eigenvalue weighted by Crippen LogP contribution is 2.28. The number of rotatable bonds is 4. The van der Waals surface area contributed by atoms with Gasteiger partial charge in [-0.15, -0.1) is 0 Å². The van der Waals surface area contributed by atoms with Gasteiger partial charge in [-0.1, -0.05) is 6.92 Å². The van der Waals surface area contributed by atoms with Crippen LogP contribution in [0.15, 0.2) is 29.2 Å². The van der Waals surface area contributed by atoms with Gasteiger partial charge in [-0.25, -0.2) is 8.42 Å². The van der Waals surface area contributed by atoms with Gasteiger partial charge in [-0.05, 0) is 30.2 Å². The highest BCUT2D eigenvalue weighted by molar-refractivity contribution is 7.89. The molecule has 1 aromatic rings. The summed E-state index contributed by atoms with van der Waals surface area (Å²) in [6.45, 7) is 1.83. The van der Waals surface area contributed by atoms with Crippen LogP contribution < -0.4 is 5.73 Å². The average Bonchev–Trinajstić information content (AvgIpc) is 2.82. The Morgan fingerprint density at radius 1 is 1.24 bits per heavy atom. The van der Waals surface area contributed by atoms with Crippen molar-refractivity contribution in [1.29, 1.82) is 0 Å². The normalized spacial score (nSPS) is 23.1. The van der Waals surface area contributed by atoms with Crippen LogP contribution in [0.5, 0.6) is 0 Å². The number of hydrogen-bond donors (Lipinski definition) is 2. The molecular weight excluding hydrogens is 296 g/mol. The van der Waals surface area contributed by atoms with E-state index in [1.165, 1.54) is 24.3 Å². The lowest BCUT2D eigenvalue weighted by Gasteiger charge is -2.16. The molecule has 2 atom stereocenters. The zero-order chi connectivity index (χ0) is 15.8. The summed E-state index contributed by atoms with van der Waals surface area (Å²) >= 11 is 0. The molecule has 0 radical (unpaired) electrons. The summed E-state index contributed by atoms with van der Waals surface area (Å²) < 4.78 is 26.1. The second kappa shape index (κ2) is 5.45. The molecule has 1 aliphatic heterocycles. The zero-order valence-corrected chi connectivity index (χ0v) is 12.2. The fourth-order valence-corrected chi connectivity index (χ4v) is 3.95.